The van der Waals surface area contributed by atoms with Crippen molar-refractivity contribution in [2.75, 3.05) is 12.4 Å². The van der Waals surface area contributed by atoms with Crippen LogP contribution in [0.15, 0.2) is 24.3 Å². The number of carbonyl (C=O) groups is 4. The van der Waals surface area contributed by atoms with Gasteiger partial charge in [-0.25, -0.2) is 4.79 Å². The molecule has 2 aliphatic heterocycles. The number of halogens is 1. The molecule has 4 rings (SSSR count). The number of fused-ring (bicyclic) bond motifs is 1. The smallest absolute Gasteiger partial charge is 0.319 e. The van der Waals surface area contributed by atoms with Gasteiger partial charge in [-0.2, -0.15) is 0 Å². The summed E-state index contributed by atoms with van der Waals surface area (Å²) in [7, 11) is 1.45. The number of anilines is 1. The van der Waals surface area contributed by atoms with Crippen LogP contribution < -0.4 is 10.6 Å². The number of nitrogens with zero attached hydrogens (tertiary/aromatic N) is 2. The molecule has 1 fully saturated rings. The maximum absolute atomic E-state index is 12.9. The Labute approximate surface area is 188 Å². The molecule has 0 saturated carbocycles. The van der Waals surface area contributed by atoms with E-state index < -0.39 is 6.04 Å². The molecule has 162 valence electrons. The van der Waals surface area contributed by atoms with Crippen molar-refractivity contribution in [2.24, 2.45) is 0 Å². The third kappa shape index (κ3) is 4.15. The first kappa shape index (κ1) is 21.3. The maximum atomic E-state index is 12.9. The van der Waals surface area contributed by atoms with Crippen LogP contribution in [0.2, 0.25) is 5.02 Å². The highest BCUT2D eigenvalue weighted by atomic mass is 35.5. The van der Waals surface area contributed by atoms with E-state index in [1.807, 2.05) is 19.1 Å². The molecule has 8 nitrogen and oxygen atoms in total. The van der Waals surface area contributed by atoms with E-state index in [0.29, 0.717) is 28.6 Å². The van der Waals surface area contributed by atoms with Crippen molar-refractivity contribution in [3.8, 4) is 0 Å². The second-order valence-corrected chi connectivity index (χ2v) is 9.16. The maximum Gasteiger partial charge on any atom is 0.319 e. The summed E-state index contributed by atoms with van der Waals surface area (Å²) in [5, 5.41) is 6.07. The molecular formula is C21H21ClN4O4S. The van der Waals surface area contributed by atoms with E-state index >= 15 is 0 Å². The van der Waals surface area contributed by atoms with Crippen LogP contribution in [-0.2, 0) is 22.7 Å². The Balaban J connectivity index is 1.35. The van der Waals surface area contributed by atoms with Crippen LogP contribution in [0.25, 0.3) is 0 Å². The highest BCUT2D eigenvalue weighted by Crippen LogP contribution is 2.34. The van der Waals surface area contributed by atoms with Crippen LogP contribution in [0.5, 0.6) is 0 Å². The highest BCUT2D eigenvalue weighted by Gasteiger charge is 2.42. The van der Waals surface area contributed by atoms with Crippen LogP contribution in [0.3, 0.4) is 0 Å². The predicted molar refractivity (Wildman–Crippen MR) is 117 cm³/mol. The Hall–Kier alpha value is -2.91. The van der Waals surface area contributed by atoms with Gasteiger partial charge in [-0.3, -0.25) is 19.3 Å². The predicted octanol–water partition coefficient (Wildman–Crippen LogP) is 3.13. The lowest BCUT2D eigenvalue weighted by Crippen LogP contribution is -2.53. The summed E-state index contributed by atoms with van der Waals surface area (Å²) in [6.45, 7) is 2.49. The second-order valence-electron chi connectivity index (χ2n) is 7.62. The Morgan fingerprint density at radius 1 is 1.26 bits per heavy atom. The number of likely N-dealkylation sites (N-methyl/N-ethyl adjacent to an activating group) is 1. The molecule has 2 N–H and O–H groups in total. The lowest BCUT2D eigenvalue weighted by molar-refractivity contribution is -0.150. The van der Waals surface area contributed by atoms with Gasteiger partial charge in [0.15, 0.2) is 0 Å². The number of thiophene rings is 1. The first-order valence-electron chi connectivity index (χ1n) is 9.78. The lowest BCUT2D eigenvalue weighted by atomic mass is 10.0. The van der Waals surface area contributed by atoms with Gasteiger partial charge >= 0.3 is 6.03 Å². The number of likely N-dealkylation sites (tertiary alicyclic amines) is 1. The zero-order valence-corrected chi connectivity index (χ0v) is 18.6. The lowest BCUT2D eigenvalue weighted by Gasteiger charge is -2.33. The molecule has 1 saturated heterocycles. The summed E-state index contributed by atoms with van der Waals surface area (Å²) in [5.41, 5.74) is 2.35. The molecule has 1 aromatic heterocycles. The molecule has 2 aliphatic rings. The number of hydrogen-bond acceptors (Lipinski definition) is 5. The van der Waals surface area contributed by atoms with Crippen molar-refractivity contribution in [2.45, 2.75) is 38.9 Å². The standard InChI is InChI=1S/C21H21ClN4O4S/c1-11-3-4-13(8-15(11)22)24-21(30)23-9-14-7-12-10-26(20(29)18(12)31-14)16-5-6-17(27)25(2)19(16)28/h3-4,7-8,16H,5-6,9-10H2,1-2H3,(H2,23,24,30). The second kappa shape index (κ2) is 8.32. The molecule has 2 aromatic rings. The van der Waals surface area contributed by atoms with Crippen molar-refractivity contribution in [3.05, 3.63) is 50.2 Å². The van der Waals surface area contributed by atoms with Gasteiger partial charge in [-0.15, -0.1) is 11.3 Å². The fourth-order valence-electron chi connectivity index (χ4n) is 3.71. The number of aryl methyl sites for hydroxylation is 1. The van der Waals surface area contributed by atoms with Gasteiger partial charge in [-0.05, 0) is 42.7 Å². The van der Waals surface area contributed by atoms with Crippen LogP contribution in [0, 0.1) is 6.92 Å². The fraction of sp³-hybridized carbons (Fsp3) is 0.333. The topological polar surface area (TPSA) is 98.8 Å². The number of nitrogens with one attached hydrogen (secondary N) is 2. The minimum atomic E-state index is -0.608. The van der Waals surface area contributed by atoms with Crippen LogP contribution in [0.1, 0.15) is 38.5 Å². The molecule has 1 atom stereocenters. The van der Waals surface area contributed by atoms with Gasteiger partial charge in [0.05, 0.1) is 11.4 Å². The number of rotatable bonds is 4. The van der Waals surface area contributed by atoms with Gasteiger partial charge in [-0.1, -0.05) is 17.7 Å². The zero-order chi connectivity index (χ0) is 22.3. The Bertz CT molecular complexity index is 1100. The molecule has 1 unspecified atom stereocenters. The Morgan fingerprint density at radius 2 is 2.03 bits per heavy atom. The summed E-state index contributed by atoms with van der Waals surface area (Å²) in [5.74, 6) is -0.761. The van der Waals surface area contributed by atoms with E-state index in [1.54, 1.807) is 12.1 Å². The molecule has 31 heavy (non-hydrogen) atoms. The normalized spacial score (nSPS) is 18.4. The summed E-state index contributed by atoms with van der Waals surface area (Å²) < 4.78 is 0. The number of urea groups is 1. The van der Waals surface area contributed by atoms with Crippen molar-refractivity contribution >= 4 is 52.4 Å². The van der Waals surface area contributed by atoms with E-state index in [2.05, 4.69) is 10.6 Å². The van der Waals surface area contributed by atoms with Gasteiger partial charge in [0.25, 0.3) is 11.8 Å². The molecule has 1 aromatic carbocycles. The van der Waals surface area contributed by atoms with Crippen LogP contribution in [0.4, 0.5) is 10.5 Å². The molecule has 5 amide bonds. The number of carbonyl (C=O) groups excluding carboxylic acids is 4. The SMILES string of the molecule is Cc1ccc(NC(=O)NCc2cc3c(s2)C(=O)N(C2CCC(=O)N(C)C2=O)C3)cc1Cl. The van der Waals surface area contributed by atoms with E-state index in [4.69, 9.17) is 11.6 Å². The van der Waals surface area contributed by atoms with Crippen molar-refractivity contribution < 1.29 is 19.2 Å². The third-order valence-corrected chi connectivity index (χ3v) is 7.08. The van der Waals surface area contributed by atoms with Gasteiger partial charge < -0.3 is 15.5 Å². The van der Waals surface area contributed by atoms with Crippen LogP contribution in [-0.4, -0.2) is 46.6 Å². The van der Waals surface area contributed by atoms with E-state index in [0.717, 1.165) is 20.9 Å². The van der Waals surface area contributed by atoms with Gasteiger partial charge in [0.2, 0.25) is 5.91 Å². The first-order chi connectivity index (χ1) is 14.7. The average molecular weight is 461 g/mol. The summed E-state index contributed by atoms with van der Waals surface area (Å²) in [4.78, 5) is 53.2. The Kier molecular flexibility index (Phi) is 5.72. The van der Waals surface area contributed by atoms with Crippen molar-refractivity contribution in [1.82, 2.24) is 15.1 Å². The number of piperidine rings is 1. The van der Waals surface area contributed by atoms with Gasteiger partial charge in [0.1, 0.15) is 6.04 Å². The number of benzene rings is 1. The van der Waals surface area contributed by atoms with Gasteiger partial charge in [0, 0.05) is 35.6 Å². The minimum absolute atomic E-state index is 0.203. The largest absolute Gasteiger partial charge is 0.333 e. The Morgan fingerprint density at radius 3 is 2.74 bits per heavy atom. The van der Waals surface area contributed by atoms with E-state index in [1.165, 1.54) is 23.3 Å². The quantitative estimate of drug-likeness (QED) is 0.685. The summed E-state index contributed by atoms with van der Waals surface area (Å²) in [6, 6.07) is 6.17. The van der Waals surface area contributed by atoms with Crippen molar-refractivity contribution in [3.63, 3.8) is 0 Å². The van der Waals surface area contributed by atoms with Crippen molar-refractivity contribution in [1.29, 1.82) is 0 Å². The minimum Gasteiger partial charge on any atom is -0.333 e. The first-order valence-corrected chi connectivity index (χ1v) is 11.0. The number of imide groups is 1. The van der Waals surface area contributed by atoms with E-state index in [9.17, 15) is 19.2 Å². The highest BCUT2D eigenvalue weighted by molar-refractivity contribution is 7.14. The molecule has 0 bridgehead atoms. The third-order valence-electron chi connectivity index (χ3n) is 5.51. The fourth-order valence-corrected chi connectivity index (χ4v) is 4.96. The molecule has 0 spiro atoms. The molecular weight excluding hydrogens is 440 g/mol. The summed E-state index contributed by atoms with van der Waals surface area (Å²) in [6.07, 6.45) is 0.598. The number of hydrogen-bond donors (Lipinski definition) is 2. The molecule has 0 aliphatic carbocycles. The molecule has 10 heteroatoms. The average Bonchev–Trinajstić information content (AvgIpc) is 3.26. The van der Waals surface area contributed by atoms with E-state index in [-0.39, 0.29) is 36.7 Å². The zero-order valence-electron chi connectivity index (χ0n) is 17.0. The molecule has 0 radical (unpaired) electrons. The number of amides is 5. The summed E-state index contributed by atoms with van der Waals surface area (Å²) >= 11 is 7.38. The van der Waals surface area contributed by atoms with Crippen LogP contribution >= 0.6 is 22.9 Å². The monoisotopic (exact) mass is 460 g/mol. The molecule has 3 heterocycles.